The van der Waals surface area contributed by atoms with Crippen molar-refractivity contribution >= 4 is 17.0 Å². The van der Waals surface area contributed by atoms with Crippen molar-refractivity contribution in [3.63, 3.8) is 0 Å². The van der Waals surface area contributed by atoms with E-state index in [1.54, 1.807) is 12.4 Å². The lowest BCUT2D eigenvalue weighted by Gasteiger charge is -2.25. The molecule has 4 heterocycles. The second kappa shape index (κ2) is 6.52. The Morgan fingerprint density at radius 3 is 2.81 bits per heavy atom. The van der Waals surface area contributed by atoms with Gasteiger partial charge >= 0.3 is 0 Å². The second-order valence-electron chi connectivity index (χ2n) is 7.13. The van der Waals surface area contributed by atoms with E-state index < -0.39 is 0 Å². The Morgan fingerprint density at radius 2 is 2.08 bits per heavy atom. The molecule has 0 aliphatic carbocycles. The molecule has 0 N–H and O–H groups in total. The van der Waals surface area contributed by atoms with Crippen LogP contribution in [0.4, 0.5) is 0 Å². The largest absolute Gasteiger partial charge is 0.336 e. The van der Waals surface area contributed by atoms with Crippen molar-refractivity contribution in [1.29, 1.82) is 0 Å². The normalized spacial score (nSPS) is 17.4. The molecule has 3 aromatic heterocycles. The van der Waals surface area contributed by atoms with Crippen molar-refractivity contribution in [2.75, 3.05) is 6.54 Å². The van der Waals surface area contributed by atoms with Crippen LogP contribution in [-0.2, 0) is 0 Å². The lowest BCUT2D eigenvalue weighted by molar-refractivity contribution is 0.0737. The fourth-order valence-electron chi connectivity index (χ4n) is 3.67. The smallest absolute Gasteiger partial charge is 0.259 e. The van der Waals surface area contributed by atoms with E-state index in [0.29, 0.717) is 17.0 Å². The highest BCUT2D eigenvalue weighted by Crippen LogP contribution is 2.35. The number of amides is 1. The monoisotopic (exact) mass is 350 g/mol. The predicted molar refractivity (Wildman–Crippen MR) is 97.9 cm³/mol. The maximum atomic E-state index is 13.5. The molecule has 0 bridgehead atoms. The Balaban J connectivity index is 1.79. The van der Waals surface area contributed by atoms with Gasteiger partial charge in [-0.1, -0.05) is 19.0 Å². The summed E-state index contributed by atoms with van der Waals surface area (Å²) in [5.41, 5.74) is 3.75. The highest BCUT2D eigenvalue weighted by Gasteiger charge is 2.32. The number of rotatable bonds is 3. The first-order valence-corrected chi connectivity index (χ1v) is 9.04. The van der Waals surface area contributed by atoms with Gasteiger partial charge in [-0.05, 0) is 49.4 Å². The lowest BCUT2D eigenvalue weighted by Crippen LogP contribution is -2.31. The molecule has 1 unspecified atom stereocenters. The number of hydrogen-bond donors (Lipinski definition) is 0. The molecule has 0 saturated carbocycles. The van der Waals surface area contributed by atoms with E-state index in [1.165, 1.54) is 0 Å². The number of pyridine rings is 2. The third-order valence-electron chi connectivity index (χ3n) is 5.06. The van der Waals surface area contributed by atoms with Crippen LogP contribution in [0.25, 0.3) is 11.1 Å². The fraction of sp³-hybridized carbons (Fsp3) is 0.400. The van der Waals surface area contributed by atoms with E-state index in [1.807, 2.05) is 30.0 Å². The van der Waals surface area contributed by atoms with E-state index in [2.05, 4.69) is 29.0 Å². The van der Waals surface area contributed by atoms with Gasteiger partial charge in [-0.15, -0.1) is 0 Å². The zero-order valence-electron chi connectivity index (χ0n) is 15.3. The minimum atomic E-state index is 0.0184. The zero-order valence-corrected chi connectivity index (χ0v) is 15.3. The van der Waals surface area contributed by atoms with Crippen LogP contribution in [0.15, 0.2) is 35.1 Å². The molecule has 0 aromatic carbocycles. The van der Waals surface area contributed by atoms with Crippen molar-refractivity contribution in [3.8, 4) is 0 Å². The van der Waals surface area contributed by atoms with Crippen LogP contribution in [0.3, 0.4) is 0 Å². The van der Waals surface area contributed by atoms with Crippen molar-refractivity contribution in [3.05, 3.63) is 53.1 Å². The summed E-state index contributed by atoms with van der Waals surface area (Å²) in [5, 5.41) is 4.75. The first kappa shape index (κ1) is 16.7. The number of hydrogen-bond acceptors (Lipinski definition) is 5. The van der Waals surface area contributed by atoms with Crippen molar-refractivity contribution in [2.45, 2.75) is 45.6 Å². The summed E-state index contributed by atoms with van der Waals surface area (Å²) in [5.74, 6) is 0.218. The van der Waals surface area contributed by atoms with Crippen LogP contribution in [-0.4, -0.2) is 32.5 Å². The summed E-state index contributed by atoms with van der Waals surface area (Å²) in [6.45, 7) is 6.71. The average Bonchev–Trinajstić information content (AvgIpc) is 3.28. The number of likely N-dealkylation sites (tertiary alicyclic amines) is 1. The van der Waals surface area contributed by atoms with Gasteiger partial charge in [0.15, 0.2) is 0 Å². The Hall–Kier alpha value is -2.76. The molecule has 1 aliphatic rings. The molecule has 1 atom stereocenters. The number of carbonyl (C=O) groups is 1. The molecule has 3 aromatic rings. The van der Waals surface area contributed by atoms with Gasteiger partial charge < -0.3 is 9.42 Å². The zero-order chi connectivity index (χ0) is 18.3. The lowest BCUT2D eigenvalue weighted by atomic mass is 10.0. The number of fused-ring (bicyclic) bond motifs is 1. The van der Waals surface area contributed by atoms with Crippen molar-refractivity contribution in [2.24, 2.45) is 0 Å². The molecule has 4 rings (SSSR count). The third-order valence-corrected chi connectivity index (χ3v) is 5.06. The van der Waals surface area contributed by atoms with Gasteiger partial charge in [0.1, 0.15) is 0 Å². The molecular weight excluding hydrogens is 328 g/mol. The molecule has 0 spiro atoms. The summed E-state index contributed by atoms with van der Waals surface area (Å²) in [7, 11) is 0. The van der Waals surface area contributed by atoms with Crippen LogP contribution in [0.2, 0.25) is 0 Å². The molecule has 1 saturated heterocycles. The minimum absolute atomic E-state index is 0.0184. The number of carbonyl (C=O) groups excluding carboxylic acids is 1. The first-order valence-electron chi connectivity index (χ1n) is 9.04. The summed E-state index contributed by atoms with van der Waals surface area (Å²) in [6, 6.07) is 5.96. The molecule has 0 radical (unpaired) electrons. The predicted octanol–water partition coefficient (Wildman–Crippen LogP) is 4.03. The number of nitrogens with zero attached hydrogens (tertiary/aromatic N) is 4. The number of aromatic nitrogens is 3. The van der Waals surface area contributed by atoms with Gasteiger partial charge in [-0.2, -0.15) is 0 Å². The van der Waals surface area contributed by atoms with Crippen LogP contribution in [0, 0.1) is 6.92 Å². The SMILES string of the molecule is Cc1noc2nc(C(C)C)cc(C(=O)N3CCCC3c3ccncc3)c12. The molecule has 6 nitrogen and oxygen atoms in total. The van der Waals surface area contributed by atoms with E-state index in [4.69, 9.17) is 4.52 Å². The van der Waals surface area contributed by atoms with E-state index in [9.17, 15) is 4.79 Å². The molecule has 26 heavy (non-hydrogen) atoms. The van der Waals surface area contributed by atoms with Gasteiger partial charge in [-0.3, -0.25) is 9.78 Å². The minimum Gasteiger partial charge on any atom is -0.336 e. The van der Waals surface area contributed by atoms with E-state index in [0.717, 1.165) is 36.0 Å². The maximum absolute atomic E-state index is 13.5. The fourth-order valence-corrected chi connectivity index (χ4v) is 3.67. The van der Waals surface area contributed by atoms with Crippen molar-refractivity contribution < 1.29 is 9.32 Å². The molecule has 6 heteroatoms. The Morgan fingerprint density at radius 1 is 1.31 bits per heavy atom. The summed E-state index contributed by atoms with van der Waals surface area (Å²) < 4.78 is 5.36. The van der Waals surface area contributed by atoms with Crippen LogP contribution < -0.4 is 0 Å². The van der Waals surface area contributed by atoms with Gasteiger partial charge in [-0.25, -0.2) is 4.98 Å². The molecule has 1 fully saturated rings. The summed E-state index contributed by atoms with van der Waals surface area (Å²) in [6.07, 6.45) is 5.51. The second-order valence-corrected chi connectivity index (χ2v) is 7.13. The number of aryl methyl sites for hydroxylation is 1. The first-order chi connectivity index (χ1) is 12.6. The topological polar surface area (TPSA) is 72.1 Å². The Labute approximate surface area is 152 Å². The van der Waals surface area contributed by atoms with Crippen molar-refractivity contribution in [1.82, 2.24) is 20.0 Å². The molecule has 1 aliphatic heterocycles. The Kier molecular flexibility index (Phi) is 4.18. The highest BCUT2D eigenvalue weighted by atomic mass is 16.5. The van der Waals surface area contributed by atoms with Gasteiger partial charge in [0.25, 0.3) is 11.6 Å². The standard InChI is InChI=1S/C20H22N4O2/c1-12(2)16-11-15(18-13(3)23-26-19(18)22-16)20(25)24-10-4-5-17(24)14-6-8-21-9-7-14/h6-9,11-12,17H,4-5,10H2,1-3H3. The van der Waals surface area contributed by atoms with Gasteiger partial charge in [0.2, 0.25) is 0 Å². The molecule has 1 amide bonds. The average molecular weight is 350 g/mol. The van der Waals surface area contributed by atoms with E-state index in [-0.39, 0.29) is 17.9 Å². The van der Waals surface area contributed by atoms with E-state index >= 15 is 0 Å². The molecule has 134 valence electrons. The van der Waals surface area contributed by atoms with Crippen LogP contribution in [0.5, 0.6) is 0 Å². The van der Waals surface area contributed by atoms with Crippen LogP contribution >= 0.6 is 0 Å². The highest BCUT2D eigenvalue weighted by molar-refractivity contribution is 6.06. The Bertz CT molecular complexity index is 949. The maximum Gasteiger partial charge on any atom is 0.259 e. The summed E-state index contributed by atoms with van der Waals surface area (Å²) in [4.78, 5) is 24.1. The van der Waals surface area contributed by atoms with Crippen LogP contribution in [0.1, 0.15) is 66.0 Å². The summed E-state index contributed by atoms with van der Waals surface area (Å²) >= 11 is 0. The van der Waals surface area contributed by atoms with Gasteiger partial charge in [0, 0.05) is 24.6 Å². The third kappa shape index (κ3) is 2.75. The van der Waals surface area contributed by atoms with Gasteiger partial charge in [0.05, 0.1) is 22.7 Å². The quantitative estimate of drug-likeness (QED) is 0.713. The molecular formula is C20H22N4O2.